The zero-order valence-corrected chi connectivity index (χ0v) is 18.4. The molecule has 1 N–H and O–H groups in total. The van der Waals surface area contributed by atoms with Crippen LogP contribution in [0.4, 0.5) is 4.39 Å². The van der Waals surface area contributed by atoms with Crippen LogP contribution in [0.3, 0.4) is 0 Å². The lowest BCUT2D eigenvalue weighted by atomic mass is 9.93. The van der Waals surface area contributed by atoms with Gasteiger partial charge in [0.05, 0.1) is 9.92 Å². The van der Waals surface area contributed by atoms with E-state index in [2.05, 4.69) is 27.8 Å². The first kappa shape index (κ1) is 22.5. The monoisotopic (exact) mass is 458 g/mol. The number of halogens is 3. The number of benzene rings is 2. The van der Waals surface area contributed by atoms with Crippen LogP contribution in [0.15, 0.2) is 41.3 Å². The fraction of sp³-hybridized carbons (Fsp3) is 0.429. The molecule has 1 atom stereocenters. The maximum Gasteiger partial charge on any atom is 0.240 e. The lowest BCUT2D eigenvalue weighted by Gasteiger charge is -2.35. The van der Waals surface area contributed by atoms with E-state index in [1.165, 1.54) is 23.6 Å². The summed E-state index contributed by atoms with van der Waals surface area (Å²) >= 11 is 5.68. The van der Waals surface area contributed by atoms with Crippen molar-refractivity contribution in [3.8, 4) is 0 Å². The number of hydrogen-bond acceptors (Lipinski definition) is 3. The summed E-state index contributed by atoms with van der Waals surface area (Å²) < 4.78 is 40.4. The standard InChI is InChI=1S/C21H24ClFN2O2S.ClH/c22-18-14-17(7-8-19(18)23)28(26,27)24-11-1-2-12-25-13-10-16-5-3-4-15-6-9-20(25)21(15)16;/h3-5,7-8,14,20,24H,1-2,6,9-13H2;1H. The van der Waals surface area contributed by atoms with Crippen molar-refractivity contribution in [1.29, 1.82) is 0 Å². The molecule has 0 fully saturated rings. The Morgan fingerprint density at radius 1 is 1.14 bits per heavy atom. The van der Waals surface area contributed by atoms with Gasteiger partial charge >= 0.3 is 0 Å². The van der Waals surface area contributed by atoms with Gasteiger partial charge in [-0.3, -0.25) is 4.90 Å². The molecule has 1 heterocycles. The predicted molar refractivity (Wildman–Crippen MR) is 116 cm³/mol. The average Bonchev–Trinajstić information content (AvgIpc) is 3.11. The van der Waals surface area contributed by atoms with E-state index in [1.807, 2.05) is 0 Å². The Morgan fingerprint density at radius 3 is 2.66 bits per heavy atom. The Labute approximate surface area is 182 Å². The topological polar surface area (TPSA) is 49.4 Å². The predicted octanol–water partition coefficient (Wildman–Crippen LogP) is 4.51. The molecule has 0 amide bonds. The van der Waals surface area contributed by atoms with Crippen molar-refractivity contribution in [2.75, 3.05) is 19.6 Å². The van der Waals surface area contributed by atoms with Gasteiger partial charge < -0.3 is 0 Å². The van der Waals surface area contributed by atoms with E-state index in [0.29, 0.717) is 12.6 Å². The fourth-order valence-corrected chi connectivity index (χ4v) is 5.74. The average molecular weight is 459 g/mol. The number of unbranched alkanes of at least 4 members (excludes halogenated alkanes) is 1. The number of nitrogens with one attached hydrogen (secondary N) is 1. The molecule has 1 aliphatic heterocycles. The van der Waals surface area contributed by atoms with Crippen LogP contribution < -0.4 is 4.72 Å². The van der Waals surface area contributed by atoms with Crippen LogP contribution in [0, 0.1) is 5.82 Å². The van der Waals surface area contributed by atoms with Crippen LogP contribution in [0.5, 0.6) is 0 Å². The maximum absolute atomic E-state index is 13.2. The van der Waals surface area contributed by atoms with Gasteiger partial charge in [-0.25, -0.2) is 17.5 Å². The van der Waals surface area contributed by atoms with Crippen LogP contribution in [0.1, 0.15) is 42.0 Å². The van der Waals surface area contributed by atoms with Gasteiger partial charge in [0.1, 0.15) is 5.82 Å². The Kier molecular flexibility index (Phi) is 7.23. The largest absolute Gasteiger partial charge is 0.296 e. The molecular weight excluding hydrogens is 434 g/mol. The van der Waals surface area contributed by atoms with Crippen molar-refractivity contribution in [1.82, 2.24) is 9.62 Å². The van der Waals surface area contributed by atoms with Gasteiger partial charge in [0.2, 0.25) is 10.0 Å². The highest BCUT2D eigenvalue weighted by molar-refractivity contribution is 7.89. The van der Waals surface area contributed by atoms with E-state index in [1.54, 1.807) is 5.56 Å². The molecule has 4 rings (SSSR count). The summed E-state index contributed by atoms with van der Waals surface area (Å²) in [4.78, 5) is 2.54. The van der Waals surface area contributed by atoms with Crippen molar-refractivity contribution in [2.24, 2.45) is 0 Å². The van der Waals surface area contributed by atoms with Gasteiger partial charge in [0, 0.05) is 19.1 Å². The Morgan fingerprint density at radius 2 is 1.90 bits per heavy atom. The molecule has 4 nitrogen and oxygen atoms in total. The number of rotatable bonds is 7. The van der Waals surface area contributed by atoms with Crippen LogP contribution in [0.25, 0.3) is 0 Å². The zero-order valence-electron chi connectivity index (χ0n) is 16.0. The highest BCUT2D eigenvalue weighted by atomic mass is 35.5. The third kappa shape index (κ3) is 4.78. The van der Waals surface area contributed by atoms with E-state index in [4.69, 9.17) is 11.6 Å². The highest BCUT2D eigenvalue weighted by Crippen LogP contribution is 2.41. The third-order valence-corrected chi connectivity index (χ3v) is 7.53. The molecule has 0 radical (unpaired) electrons. The lowest BCUT2D eigenvalue weighted by Crippen LogP contribution is -2.35. The maximum atomic E-state index is 13.2. The Hall–Kier alpha value is -1.18. The molecule has 8 heteroatoms. The van der Waals surface area contributed by atoms with E-state index >= 15 is 0 Å². The fourth-order valence-electron chi connectivity index (χ4n) is 4.39. The lowest BCUT2D eigenvalue weighted by molar-refractivity contribution is 0.182. The van der Waals surface area contributed by atoms with E-state index in [0.717, 1.165) is 50.9 Å². The molecule has 0 aromatic heterocycles. The van der Waals surface area contributed by atoms with Gasteiger partial charge in [0.15, 0.2) is 0 Å². The minimum Gasteiger partial charge on any atom is -0.296 e. The van der Waals surface area contributed by atoms with Crippen molar-refractivity contribution >= 4 is 34.0 Å². The van der Waals surface area contributed by atoms with Crippen molar-refractivity contribution in [3.63, 3.8) is 0 Å². The normalized spacial score (nSPS) is 18.3. The summed E-state index contributed by atoms with van der Waals surface area (Å²) in [5, 5.41) is -0.191. The quantitative estimate of drug-likeness (QED) is 0.621. The smallest absolute Gasteiger partial charge is 0.240 e. The molecule has 1 aliphatic carbocycles. The van der Waals surface area contributed by atoms with E-state index in [-0.39, 0.29) is 22.3 Å². The van der Waals surface area contributed by atoms with Gasteiger partial charge in [-0.05, 0) is 73.5 Å². The first-order valence-corrected chi connectivity index (χ1v) is 11.6. The molecule has 2 aliphatic rings. The number of hydrogen-bond donors (Lipinski definition) is 1. The highest BCUT2D eigenvalue weighted by Gasteiger charge is 2.32. The first-order chi connectivity index (χ1) is 13.5. The Balaban J connectivity index is 0.00000240. The number of nitrogens with zero attached hydrogens (tertiary/aromatic N) is 1. The molecule has 1 unspecified atom stereocenters. The third-order valence-electron chi connectivity index (χ3n) is 5.78. The first-order valence-electron chi connectivity index (χ1n) is 9.75. The van der Waals surface area contributed by atoms with Crippen molar-refractivity contribution in [2.45, 2.75) is 43.0 Å². The molecule has 0 saturated carbocycles. The van der Waals surface area contributed by atoms with Gasteiger partial charge in [0.25, 0.3) is 0 Å². The van der Waals surface area contributed by atoms with Crippen LogP contribution in [0.2, 0.25) is 5.02 Å². The van der Waals surface area contributed by atoms with Crippen molar-refractivity contribution < 1.29 is 12.8 Å². The van der Waals surface area contributed by atoms with Crippen LogP contribution in [-0.4, -0.2) is 33.0 Å². The molecule has 158 valence electrons. The molecule has 2 aromatic carbocycles. The SMILES string of the molecule is Cl.O=S(=O)(NCCCCN1CCc2cccc3c2C1CC3)c1ccc(F)c(Cl)c1. The number of sulfonamides is 1. The number of aryl methyl sites for hydroxylation is 1. The summed E-state index contributed by atoms with van der Waals surface area (Å²) in [7, 11) is -3.67. The van der Waals surface area contributed by atoms with E-state index in [9.17, 15) is 12.8 Å². The minimum absolute atomic E-state index is 0. The summed E-state index contributed by atoms with van der Waals surface area (Å²) in [5.41, 5.74) is 4.54. The summed E-state index contributed by atoms with van der Waals surface area (Å²) in [5.74, 6) is -0.626. The zero-order chi connectivity index (χ0) is 19.7. The molecule has 0 spiro atoms. The summed E-state index contributed by atoms with van der Waals surface area (Å²) in [6.45, 7) is 2.40. The summed E-state index contributed by atoms with van der Waals surface area (Å²) in [6.07, 6.45) is 5.12. The molecule has 0 bridgehead atoms. The van der Waals surface area contributed by atoms with Gasteiger partial charge in [-0.2, -0.15) is 0 Å². The van der Waals surface area contributed by atoms with Gasteiger partial charge in [-0.15, -0.1) is 12.4 Å². The van der Waals surface area contributed by atoms with Crippen molar-refractivity contribution in [3.05, 3.63) is 63.9 Å². The molecule has 2 aromatic rings. The van der Waals surface area contributed by atoms with Crippen LogP contribution >= 0.6 is 24.0 Å². The molecule has 29 heavy (non-hydrogen) atoms. The summed E-state index contributed by atoms with van der Waals surface area (Å²) in [6, 6.07) is 10.6. The Bertz CT molecular complexity index is 985. The second-order valence-electron chi connectivity index (χ2n) is 7.51. The van der Waals surface area contributed by atoms with Gasteiger partial charge in [-0.1, -0.05) is 29.8 Å². The van der Waals surface area contributed by atoms with Crippen LogP contribution in [-0.2, 0) is 22.9 Å². The molecular formula is C21H25Cl2FN2O2S. The van der Waals surface area contributed by atoms with E-state index < -0.39 is 15.8 Å². The minimum atomic E-state index is -3.67. The second-order valence-corrected chi connectivity index (χ2v) is 9.69. The second kappa shape index (κ2) is 9.31. The molecule has 0 saturated heterocycles.